The van der Waals surface area contributed by atoms with Crippen LogP contribution in [-0.4, -0.2) is 9.78 Å². The molecule has 1 unspecified atom stereocenters. The van der Waals surface area contributed by atoms with Gasteiger partial charge in [-0.1, -0.05) is 18.2 Å². The van der Waals surface area contributed by atoms with Gasteiger partial charge < -0.3 is 0 Å². The Morgan fingerprint density at radius 3 is 2.68 bits per heavy atom. The molecule has 19 heavy (non-hydrogen) atoms. The molecule has 1 atom stereocenters. The summed E-state index contributed by atoms with van der Waals surface area (Å²) >= 11 is 1.65. The van der Waals surface area contributed by atoms with Crippen LogP contribution < -0.4 is 11.3 Å². The first-order chi connectivity index (χ1) is 9.38. The Morgan fingerprint density at radius 2 is 2.00 bits per heavy atom. The maximum absolute atomic E-state index is 5.65. The molecular formula is C14H14N4S. The van der Waals surface area contributed by atoms with Crippen LogP contribution in [0.15, 0.2) is 59.4 Å². The second-order valence-electron chi connectivity index (χ2n) is 4.18. The Hall–Kier alpha value is -1.95. The van der Waals surface area contributed by atoms with Gasteiger partial charge in [0.15, 0.2) is 0 Å². The van der Waals surface area contributed by atoms with E-state index in [1.165, 1.54) is 0 Å². The highest BCUT2D eigenvalue weighted by Crippen LogP contribution is 2.22. The normalized spacial score (nSPS) is 12.5. The fourth-order valence-corrected chi connectivity index (χ4v) is 2.69. The third kappa shape index (κ3) is 2.44. The van der Waals surface area contributed by atoms with E-state index < -0.39 is 0 Å². The number of thiophene rings is 1. The number of nitrogens with two attached hydrogens (primary N) is 1. The number of nitrogens with zero attached hydrogens (tertiary/aromatic N) is 2. The lowest BCUT2D eigenvalue weighted by atomic mass is 10.1. The molecule has 0 aliphatic heterocycles. The van der Waals surface area contributed by atoms with Crippen LogP contribution in [0.1, 0.15) is 17.3 Å². The van der Waals surface area contributed by atoms with E-state index in [9.17, 15) is 0 Å². The number of benzene rings is 1. The molecule has 2 aromatic heterocycles. The molecule has 96 valence electrons. The largest absolute Gasteiger partial charge is 0.271 e. The predicted octanol–water partition coefficient (Wildman–Crippen LogP) is 2.49. The molecule has 0 radical (unpaired) electrons. The van der Waals surface area contributed by atoms with Crippen LogP contribution in [0.3, 0.4) is 0 Å². The van der Waals surface area contributed by atoms with Crippen LogP contribution in [0.25, 0.3) is 5.69 Å². The molecule has 5 heteroatoms. The van der Waals surface area contributed by atoms with Crippen LogP contribution in [0.4, 0.5) is 0 Å². The molecule has 3 N–H and O–H groups in total. The van der Waals surface area contributed by atoms with E-state index >= 15 is 0 Å². The van der Waals surface area contributed by atoms with E-state index in [2.05, 4.69) is 22.0 Å². The van der Waals surface area contributed by atoms with Crippen molar-refractivity contribution in [3.05, 3.63) is 70.7 Å². The van der Waals surface area contributed by atoms with Crippen LogP contribution in [0, 0.1) is 0 Å². The third-order valence-corrected chi connectivity index (χ3v) is 3.67. The molecular weight excluding hydrogens is 256 g/mol. The fraction of sp³-hybridized carbons (Fsp3) is 0.0714. The van der Waals surface area contributed by atoms with Crippen molar-refractivity contribution in [3.8, 4) is 5.69 Å². The van der Waals surface area contributed by atoms with Gasteiger partial charge in [-0.25, -0.2) is 10.1 Å². The minimum atomic E-state index is -0.0730. The second-order valence-corrected chi connectivity index (χ2v) is 4.96. The van der Waals surface area contributed by atoms with Gasteiger partial charge in [-0.3, -0.25) is 5.84 Å². The molecule has 0 aliphatic carbocycles. The molecule has 0 bridgehead atoms. The van der Waals surface area contributed by atoms with Crippen molar-refractivity contribution in [2.75, 3.05) is 0 Å². The number of rotatable bonds is 4. The first kappa shape index (κ1) is 12.1. The lowest BCUT2D eigenvalue weighted by Crippen LogP contribution is -2.28. The lowest BCUT2D eigenvalue weighted by Gasteiger charge is -2.11. The van der Waals surface area contributed by atoms with Crippen molar-refractivity contribution in [2.45, 2.75) is 6.04 Å². The summed E-state index contributed by atoms with van der Waals surface area (Å²) in [6, 6.07) is 14.0. The number of hydrogen-bond acceptors (Lipinski definition) is 4. The SMILES string of the molecule is NNC(c1ccsc1)c1ccn(-c2ccccc2)n1. The summed E-state index contributed by atoms with van der Waals surface area (Å²) in [5.74, 6) is 5.65. The van der Waals surface area contributed by atoms with E-state index in [1.807, 2.05) is 52.7 Å². The van der Waals surface area contributed by atoms with Gasteiger partial charge in [-0.15, -0.1) is 0 Å². The third-order valence-electron chi connectivity index (χ3n) is 2.97. The molecule has 0 saturated carbocycles. The zero-order valence-electron chi connectivity index (χ0n) is 10.2. The van der Waals surface area contributed by atoms with Gasteiger partial charge in [0.2, 0.25) is 0 Å². The molecule has 0 spiro atoms. The van der Waals surface area contributed by atoms with Crippen molar-refractivity contribution in [2.24, 2.45) is 5.84 Å². The van der Waals surface area contributed by atoms with Crippen molar-refractivity contribution in [1.29, 1.82) is 0 Å². The smallest absolute Gasteiger partial charge is 0.0908 e. The van der Waals surface area contributed by atoms with Gasteiger partial charge in [-0.05, 0) is 40.6 Å². The average molecular weight is 270 g/mol. The number of hydrogen-bond donors (Lipinski definition) is 2. The molecule has 3 rings (SSSR count). The van der Waals surface area contributed by atoms with Crippen molar-refractivity contribution >= 4 is 11.3 Å². The standard InChI is InChI=1S/C14H14N4S/c15-16-14(11-7-9-19-10-11)13-6-8-18(17-13)12-4-2-1-3-5-12/h1-10,14,16H,15H2. The molecule has 1 aromatic carbocycles. The summed E-state index contributed by atoms with van der Waals surface area (Å²) in [5, 5.41) is 8.70. The quantitative estimate of drug-likeness (QED) is 0.565. The maximum Gasteiger partial charge on any atom is 0.0908 e. The number of aromatic nitrogens is 2. The summed E-state index contributed by atoms with van der Waals surface area (Å²) in [6.45, 7) is 0. The Bertz CT molecular complexity index is 631. The monoisotopic (exact) mass is 270 g/mol. The summed E-state index contributed by atoms with van der Waals surface area (Å²) in [4.78, 5) is 0. The number of para-hydroxylation sites is 1. The van der Waals surface area contributed by atoms with Crippen LogP contribution in [-0.2, 0) is 0 Å². The van der Waals surface area contributed by atoms with Crippen LogP contribution in [0.5, 0.6) is 0 Å². The molecule has 2 heterocycles. The molecule has 0 amide bonds. The summed E-state index contributed by atoms with van der Waals surface area (Å²) in [7, 11) is 0. The minimum absolute atomic E-state index is 0.0730. The highest BCUT2D eigenvalue weighted by molar-refractivity contribution is 7.08. The van der Waals surface area contributed by atoms with E-state index in [0.717, 1.165) is 16.9 Å². The van der Waals surface area contributed by atoms with Crippen molar-refractivity contribution < 1.29 is 0 Å². The molecule has 0 saturated heterocycles. The highest BCUT2D eigenvalue weighted by Gasteiger charge is 2.15. The minimum Gasteiger partial charge on any atom is -0.271 e. The number of nitrogens with one attached hydrogen (secondary N) is 1. The van der Waals surface area contributed by atoms with E-state index in [4.69, 9.17) is 5.84 Å². The molecule has 3 aromatic rings. The van der Waals surface area contributed by atoms with Gasteiger partial charge >= 0.3 is 0 Å². The summed E-state index contributed by atoms with van der Waals surface area (Å²) < 4.78 is 1.85. The second kappa shape index (κ2) is 5.36. The average Bonchev–Trinajstić information content (AvgIpc) is 3.12. The van der Waals surface area contributed by atoms with Gasteiger partial charge in [0.05, 0.1) is 17.4 Å². The van der Waals surface area contributed by atoms with Gasteiger partial charge in [0.25, 0.3) is 0 Å². The van der Waals surface area contributed by atoms with Gasteiger partial charge in [-0.2, -0.15) is 16.4 Å². The van der Waals surface area contributed by atoms with Crippen LogP contribution in [0.2, 0.25) is 0 Å². The fourth-order valence-electron chi connectivity index (χ4n) is 2.01. The Morgan fingerprint density at radius 1 is 1.16 bits per heavy atom. The van der Waals surface area contributed by atoms with Crippen molar-refractivity contribution in [1.82, 2.24) is 15.2 Å². The first-order valence-corrected chi connectivity index (χ1v) is 6.92. The van der Waals surface area contributed by atoms with Crippen molar-refractivity contribution in [3.63, 3.8) is 0 Å². The zero-order valence-corrected chi connectivity index (χ0v) is 11.0. The zero-order chi connectivity index (χ0) is 13.1. The molecule has 0 aliphatic rings. The summed E-state index contributed by atoms with van der Waals surface area (Å²) in [6.07, 6.45) is 1.95. The number of hydrazine groups is 1. The molecule has 0 fully saturated rings. The van der Waals surface area contributed by atoms with Gasteiger partial charge in [0.1, 0.15) is 0 Å². The van der Waals surface area contributed by atoms with E-state index in [1.54, 1.807) is 11.3 Å². The Balaban J connectivity index is 1.93. The Labute approximate surface area is 115 Å². The highest BCUT2D eigenvalue weighted by atomic mass is 32.1. The summed E-state index contributed by atoms with van der Waals surface area (Å²) in [5.41, 5.74) is 5.89. The topological polar surface area (TPSA) is 55.9 Å². The predicted molar refractivity (Wildman–Crippen MR) is 77.0 cm³/mol. The Kier molecular flexibility index (Phi) is 3.41. The van der Waals surface area contributed by atoms with E-state index in [-0.39, 0.29) is 6.04 Å². The maximum atomic E-state index is 5.65. The van der Waals surface area contributed by atoms with Gasteiger partial charge in [0, 0.05) is 6.20 Å². The first-order valence-electron chi connectivity index (χ1n) is 5.97. The molecule has 4 nitrogen and oxygen atoms in total. The van der Waals surface area contributed by atoms with E-state index in [0.29, 0.717) is 0 Å². The van der Waals surface area contributed by atoms with Crippen LogP contribution >= 0.6 is 11.3 Å². The lowest BCUT2D eigenvalue weighted by molar-refractivity contribution is 0.614.